The molecule has 0 saturated heterocycles. The molecule has 0 aliphatic heterocycles. The summed E-state index contributed by atoms with van der Waals surface area (Å²) >= 11 is 6.38. The molecule has 4 rings (SSSR count). The van der Waals surface area contributed by atoms with Crippen LogP contribution in [0.3, 0.4) is 0 Å². The van der Waals surface area contributed by atoms with Crippen LogP contribution < -0.4 is 15.2 Å². The Kier molecular flexibility index (Phi) is 4.59. The van der Waals surface area contributed by atoms with Crippen LogP contribution in [0.25, 0.3) is 33.3 Å². The number of furan rings is 1. The lowest BCUT2D eigenvalue weighted by molar-refractivity contribution is 0.328. The first-order valence-corrected chi connectivity index (χ1v) is 8.84. The van der Waals surface area contributed by atoms with Crippen LogP contribution in [0.4, 0.5) is 0 Å². The van der Waals surface area contributed by atoms with Crippen LogP contribution >= 0.6 is 11.6 Å². The van der Waals surface area contributed by atoms with Crippen LogP contribution in [0, 0.1) is 6.92 Å². The average Bonchev–Trinajstić information content (AvgIpc) is 3.09. The lowest BCUT2D eigenvalue weighted by Crippen LogP contribution is -2.10. The molecular formula is C20H18ClN3O3. The highest BCUT2D eigenvalue weighted by Gasteiger charge is 2.15. The van der Waals surface area contributed by atoms with E-state index in [2.05, 4.69) is 9.97 Å². The molecule has 0 bridgehead atoms. The third-order valence-electron chi connectivity index (χ3n) is 4.17. The van der Waals surface area contributed by atoms with E-state index in [9.17, 15) is 0 Å². The number of aromatic nitrogens is 2. The number of benzene rings is 2. The minimum absolute atomic E-state index is 0.423. The van der Waals surface area contributed by atoms with Crippen molar-refractivity contribution in [3.8, 4) is 23.0 Å². The van der Waals surface area contributed by atoms with Gasteiger partial charge < -0.3 is 19.6 Å². The fraction of sp³-hybridized carbons (Fsp3) is 0.200. The fourth-order valence-electron chi connectivity index (χ4n) is 3.01. The van der Waals surface area contributed by atoms with Gasteiger partial charge in [0.25, 0.3) is 0 Å². The van der Waals surface area contributed by atoms with Crippen LogP contribution in [0.2, 0.25) is 5.02 Å². The van der Waals surface area contributed by atoms with Crippen LogP contribution in [-0.2, 0) is 0 Å². The van der Waals surface area contributed by atoms with Crippen molar-refractivity contribution in [1.82, 2.24) is 9.97 Å². The Hall–Kier alpha value is -2.83. The molecule has 2 aromatic carbocycles. The summed E-state index contributed by atoms with van der Waals surface area (Å²) in [5, 5.41) is 1.33. The molecule has 0 amide bonds. The molecule has 0 saturated carbocycles. The highest BCUT2D eigenvalue weighted by atomic mass is 35.5. The molecule has 6 nitrogen and oxygen atoms in total. The number of hydrogen-bond donors (Lipinski definition) is 1. The van der Waals surface area contributed by atoms with E-state index in [1.165, 1.54) is 0 Å². The number of halogens is 1. The van der Waals surface area contributed by atoms with E-state index in [1.54, 1.807) is 19.4 Å². The van der Waals surface area contributed by atoms with E-state index in [4.69, 9.17) is 31.2 Å². The number of nitrogens with two attached hydrogens (primary N) is 1. The maximum atomic E-state index is 6.38. The van der Waals surface area contributed by atoms with Gasteiger partial charge in [0.1, 0.15) is 18.1 Å². The first kappa shape index (κ1) is 17.6. The second-order valence-electron chi connectivity index (χ2n) is 6.16. The monoisotopic (exact) mass is 383 g/mol. The van der Waals surface area contributed by atoms with E-state index < -0.39 is 0 Å². The molecule has 0 aliphatic rings. The lowest BCUT2D eigenvalue weighted by atomic mass is 10.1. The van der Waals surface area contributed by atoms with Crippen molar-refractivity contribution in [2.45, 2.75) is 6.92 Å². The number of rotatable bonds is 5. The lowest BCUT2D eigenvalue weighted by Gasteiger charge is -2.06. The molecular weight excluding hydrogens is 366 g/mol. The van der Waals surface area contributed by atoms with Crippen molar-refractivity contribution in [2.24, 2.45) is 5.73 Å². The van der Waals surface area contributed by atoms with Crippen molar-refractivity contribution >= 4 is 33.6 Å². The van der Waals surface area contributed by atoms with Crippen molar-refractivity contribution in [3.05, 3.63) is 47.1 Å². The summed E-state index contributed by atoms with van der Waals surface area (Å²) in [5.41, 5.74) is 9.45. The van der Waals surface area contributed by atoms with Crippen LogP contribution in [0.15, 0.2) is 40.9 Å². The summed E-state index contributed by atoms with van der Waals surface area (Å²) in [6.07, 6.45) is 1.59. The van der Waals surface area contributed by atoms with Gasteiger partial charge in [-0.2, -0.15) is 0 Å². The van der Waals surface area contributed by atoms with Gasteiger partial charge in [-0.15, -0.1) is 0 Å². The molecule has 0 unspecified atom stereocenters. The SMILES string of the molecule is COc1cnc2c(-c3cc4cc(OCCN)cc(Cl)c4o3)cc(C)cc2n1. The number of nitrogens with zero attached hydrogens (tertiary/aromatic N) is 2. The van der Waals surface area contributed by atoms with Gasteiger partial charge in [-0.3, -0.25) is 0 Å². The highest BCUT2D eigenvalue weighted by molar-refractivity contribution is 6.35. The van der Waals surface area contributed by atoms with Crippen LogP contribution in [0.1, 0.15) is 5.56 Å². The number of fused-ring (bicyclic) bond motifs is 2. The molecule has 0 spiro atoms. The summed E-state index contributed by atoms with van der Waals surface area (Å²) in [6, 6.07) is 9.52. The maximum Gasteiger partial charge on any atom is 0.232 e. The van der Waals surface area contributed by atoms with Gasteiger partial charge in [0, 0.05) is 23.6 Å². The van der Waals surface area contributed by atoms with E-state index in [1.807, 2.05) is 31.2 Å². The topological polar surface area (TPSA) is 83.4 Å². The van der Waals surface area contributed by atoms with Crippen molar-refractivity contribution < 1.29 is 13.9 Å². The van der Waals surface area contributed by atoms with Crippen molar-refractivity contribution in [2.75, 3.05) is 20.3 Å². The molecule has 0 aliphatic carbocycles. The van der Waals surface area contributed by atoms with Crippen LogP contribution in [-0.4, -0.2) is 30.2 Å². The Bertz CT molecular complexity index is 1140. The zero-order chi connectivity index (χ0) is 19.0. The van der Waals surface area contributed by atoms with E-state index in [-0.39, 0.29) is 0 Å². The summed E-state index contributed by atoms with van der Waals surface area (Å²) < 4.78 is 16.8. The molecule has 2 heterocycles. The summed E-state index contributed by atoms with van der Waals surface area (Å²) in [6.45, 7) is 2.86. The molecule has 0 atom stereocenters. The Morgan fingerprint density at radius 2 is 2.04 bits per heavy atom. The molecule has 7 heteroatoms. The smallest absolute Gasteiger partial charge is 0.232 e. The number of ether oxygens (including phenoxy) is 2. The quantitative estimate of drug-likeness (QED) is 0.551. The largest absolute Gasteiger partial charge is 0.492 e. The number of hydrogen-bond acceptors (Lipinski definition) is 6. The number of aryl methyl sites for hydroxylation is 1. The van der Waals surface area contributed by atoms with Gasteiger partial charge in [0.15, 0.2) is 5.58 Å². The van der Waals surface area contributed by atoms with Crippen molar-refractivity contribution in [1.29, 1.82) is 0 Å². The second-order valence-corrected chi connectivity index (χ2v) is 6.57. The Morgan fingerprint density at radius 1 is 1.19 bits per heavy atom. The maximum absolute atomic E-state index is 6.38. The first-order chi connectivity index (χ1) is 13.1. The predicted octanol–water partition coefficient (Wildman–Crippen LogP) is 4.35. The first-order valence-electron chi connectivity index (χ1n) is 8.47. The van der Waals surface area contributed by atoms with Gasteiger partial charge in [0.05, 0.1) is 29.4 Å². The zero-order valence-electron chi connectivity index (χ0n) is 15.0. The minimum Gasteiger partial charge on any atom is -0.492 e. The Labute approximate surface area is 160 Å². The normalized spacial score (nSPS) is 11.3. The molecule has 2 aromatic heterocycles. The summed E-state index contributed by atoms with van der Waals surface area (Å²) in [5.74, 6) is 1.79. The minimum atomic E-state index is 0.423. The van der Waals surface area contributed by atoms with Crippen LogP contribution in [0.5, 0.6) is 11.6 Å². The zero-order valence-corrected chi connectivity index (χ0v) is 15.7. The predicted molar refractivity (Wildman–Crippen MR) is 106 cm³/mol. The van der Waals surface area contributed by atoms with Gasteiger partial charge >= 0.3 is 0 Å². The summed E-state index contributed by atoms with van der Waals surface area (Å²) in [7, 11) is 1.57. The highest BCUT2D eigenvalue weighted by Crippen LogP contribution is 2.37. The van der Waals surface area contributed by atoms with E-state index in [0.717, 1.165) is 27.5 Å². The molecule has 4 aromatic rings. The van der Waals surface area contributed by atoms with E-state index >= 15 is 0 Å². The molecule has 138 valence electrons. The molecule has 0 radical (unpaired) electrons. The third kappa shape index (κ3) is 3.29. The Morgan fingerprint density at radius 3 is 2.81 bits per heavy atom. The fourth-order valence-corrected chi connectivity index (χ4v) is 3.27. The summed E-state index contributed by atoms with van der Waals surface area (Å²) in [4.78, 5) is 8.98. The third-order valence-corrected chi connectivity index (χ3v) is 4.46. The molecule has 27 heavy (non-hydrogen) atoms. The van der Waals surface area contributed by atoms with Gasteiger partial charge in [-0.1, -0.05) is 11.6 Å². The van der Waals surface area contributed by atoms with Gasteiger partial charge in [-0.05, 0) is 36.8 Å². The second kappa shape index (κ2) is 7.06. The van der Waals surface area contributed by atoms with E-state index in [0.29, 0.717) is 41.1 Å². The molecule has 0 fully saturated rings. The van der Waals surface area contributed by atoms with Gasteiger partial charge in [-0.25, -0.2) is 9.97 Å². The number of methoxy groups -OCH3 is 1. The standard InChI is InChI=1S/C20H18ClN3O3/c1-11-5-14(19-16(6-11)24-18(25-2)10-23-19)17-8-12-7-13(26-4-3-22)9-15(21)20(12)27-17/h5-10H,3-4,22H2,1-2H3. The van der Waals surface area contributed by atoms with Crippen molar-refractivity contribution in [3.63, 3.8) is 0 Å². The molecule has 2 N–H and O–H groups in total. The average molecular weight is 384 g/mol. The van der Waals surface area contributed by atoms with Gasteiger partial charge in [0.2, 0.25) is 5.88 Å². The Balaban J connectivity index is 1.88.